The summed E-state index contributed by atoms with van der Waals surface area (Å²) in [6, 6.07) is 15.0. The molecule has 2 aromatic carbocycles. The van der Waals surface area contributed by atoms with E-state index in [-0.39, 0.29) is 0 Å². The van der Waals surface area contributed by atoms with Gasteiger partial charge >= 0.3 is 0 Å². The molecule has 2 aromatic heterocycles. The molecule has 1 aliphatic heterocycles. The number of rotatable bonds is 2. The summed E-state index contributed by atoms with van der Waals surface area (Å²) in [4.78, 5) is 13.9. The summed E-state index contributed by atoms with van der Waals surface area (Å²) in [7, 11) is 2.18. The van der Waals surface area contributed by atoms with Crippen LogP contribution in [0.25, 0.3) is 27.6 Å². The second kappa shape index (κ2) is 6.62. The number of hydrogen-bond donors (Lipinski definition) is 0. The van der Waals surface area contributed by atoms with E-state index in [9.17, 15) is 0 Å². The van der Waals surface area contributed by atoms with Gasteiger partial charge in [-0.1, -0.05) is 15.9 Å². The quantitative estimate of drug-likeness (QED) is 0.488. The molecule has 0 radical (unpaired) electrons. The van der Waals surface area contributed by atoms with Gasteiger partial charge in [0.15, 0.2) is 0 Å². The summed E-state index contributed by atoms with van der Waals surface area (Å²) < 4.78 is 3.20. The maximum Gasteiger partial charge on any atom is 0.108 e. The van der Waals surface area contributed by atoms with E-state index in [0.717, 1.165) is 58.3 Å². The Morgan fingerprint density at radius 2 is 1.59 bits per heavy atom. The highest BCUT2D eigenvalue weighted by Crippen LogP contribution is 2.28. The van der Waals surface area contributed by atoms with E-state index in [1.807, 2.05) is 24.7 Å². The lowest BCUT2D eigenvalue weighted by atomic mass is 10.2. The molecule has 0 N–H and O–H groups in total. The zero-order valence-corrected chi connectivity index (χ0v) is 16.7. The number of piperazine rings is 1. The molecule has 0 unspecified atom stereocenters. The highest BCUT2D eigenvalue weighted by Gasteiger charge is 2.15. The number of halogens is 1. The largest absolute Gasteiger partial charge is 0.369 e. The molecule has 0 amide bonds. The number of fused-ring (bicyclic) bond motifs is 3. The van der Waals surface area contributed by atoms with Crippen LogP contribution in [-0.4, -0.2) is 52.7 Å². The van der Waals surface area contributed by atoms with Crippen molar-refractivity contribution in [3.8, 4) is 5.69 Å². The highest BCUT2D eigenvalue weighted by atomic mass is 79.9. The first-order chi connectivity index (χ1) is 13.2. The van der Waals surface area contributed by atoms with Crippen molar-refractivity contribution in [2.45, 2.75) is 0 Å². The van der Waals surface area contributed by atoms with Gasteiger partial charge < -0.3 is 9.80 Å². The molecule has 1 saturated heterocycles. The number of anilines is 1. The van der Waals surface area contributed by atoms with Crippen molar-refractivity contribution in [1.29, 1.82) is 0 Å². The zero-order valence-electron chi connectivity index (χ0n) is 15.1. The first kappa shape index (κ1) is 16.7. The Kier molecular flexibility index (Phi) is 4.10. The molecule has 0 saturated carbocycles. The lowest BCUT2D eigenvalue weighted by molar-refractivity contribution is 0.313. The number of hydrogen-bond acceptors (Lipinski definition) is 4. The molecule has 1 fully saturated rings. The monoisotopic (exact) mass is 421 g/mol. The topological polar surface area (TPSA) is 37.2 Å². The fourth-order valence-electron chi connectivity index (χ4n) is 3.75. The fraction of sp³-hybridized carbons (Fsp3) is 0.238. The number of pyridine rings is 1. The summed E-state index contributed by atoms with van der Waals surface area (Å²) >= 11 is 3.58. The summed E-state index contributed by atoms with van der Waals surface area (Å²) in [5.41, 5.74) is 5.37. The van der Waals surface area contributed by atoms with E-state index >= 15 is 0 Å². The molecule has 5 nitrogen and oxygen atoms in total. The van der Waals surface area contributed by atoms with E-state index in [1.54, 1.807) is 0 Å². The zero-order chi connectivity index (χ0) is 18.4. The molecule has 4 aromatic rings. The highest BCUT2D eigenvalue weighted by molar-refractivity contribution is 9.10. The average Bonchev–Trinajstić information content (AvgIpc) is 3.13. The second-order valence-corrected chi connectivity index (χ2v) is 7.99. The van der Waals surface area contributed by atoms with Crippen LogP contribution in [0, 0.1) is 0 Å². The SMILES string of the molecule is CN1CCN(c2ccc(-n3cnc4cnc5ccc(Br)cc5c43)cc2)CC1. The predicted octanol–water partition coefficient (Wildman–Crippen LogP) is 4.09. The smallest absolute Gasteiger partial charge is 0.108 e. The number of aromatic nitrogens is 3. The summed E-state index contributed by atoms with van der Waals surface area (Å²) in [6.45, 7) is 4.38. The van der Waals surface area contributed by atoms with E-state index in [0.29, 0.717) is 0 Å². The van der Waals surface area contributed by atoms with Crippen molar-refractivity contribution in [3.05, 3.63) is 59.5 Å². The van der Waals surface area contributed by atoms with Gasteiger partial charge in [0.1, 0.15) is 11.8 Å². The lowest BCUT2D eigenvalue weighted by Gasteiger charge is -2.34. The van der Waals surface area contributed by atoms with E-state index in [2.05, 4.69) is 77.6 Å². The first-order valence-electron chi connectivity index (χ1n) is 9.14. The lowest BCUT2D eigenvalue weighted by Crippen LogP contribution is -2.44. The van der Waals surface area contributed by atoms with Gasteiger partial charge in [-0.05, 0) is 49.5 Å². The van der Waals surface area contributed by atoms with Crippen LogP contribution in [0.4, 0.5) is 5.69 Å². The van der Waals surface area contributed by atoms with Crippen LogP contribution in [0.15, 0.2) is 59.5 Å². The molecule has 1 aliphatic rings. The third kappa shape index (κ3) is 2.99. The van der Waals surface area contributed by atoms with Crippen molar-refractivity contribution < 1.29 is 0 Å². The van der Waals surface area contributed by atoms with Gasteiger partial charge in [-0.25, -0.2) is 4.98 Å². The molecule has 6 heteroatoms. The molecule has 0 aliphatic carbocycles. The number of nitrogens with zero attached hydrogens (tertiary/aromatic N) is 5. The van der Waals surface area contributed by atoms with Gasteiger partial charge in [-0.15, -0.1) is 0 Å². The van der Waals surface area contributed by atoms with Crippen LogP contribution in [0.2, 0.25) is 0 Å². The normalized spacial score (nSPS) is 15.7. The third-order valence-corrected chi connectivity index (χ3v) is 5.83. The van der Waals surface area contributed by atoms with Crippen molar-refractivity contribution >= 4 is 43.6 Å². The summed E-state index contributed by atoms with van der Waals surface area (Å²) in [5, 5.41) is 1.10. The third-order valence-electron chi connectivity index (χ3n) is 5.33. The molecule has 0 spiro atoms. The molecule has 27 heavy (non-hydrogen) atoms. The van der Waals surface area contributed by atoms with Crippen LogP contribution in [0.1, 0.15) is 0 Å². The Labute approximate surface area is 166 Å². The molecule has 3 heterocycles. The molecule has 0 atom stereocenters. The molecule has 0 bridgehead atoms. The first-order valence-corrected chi connectivity index (χ1v) is 9.93. The minimum Gasteiger partial charge on any atom is -0.369 e. The van der Waals surface area contributed by atoms with E-state index in [1.165, 1.54) is 5.69 Å². The molecule has 5 rings (SSSR count). The minimum atomic E-state index is 0.906. The Bertz CT molecular complexity index is 1110. The fourth-order valence-corrected chi connectivity index (χ4v) is 4.11. The van der Waals surface area contributed by atoms with Crippen molar-refractivity contribution in [1.82, 2.24) is 19.4 Å². The van der Waals surface area contributed by atoms with Crippen molar-refractivity contribution in [2.24, 2.45) is 0 Å². The van der Waals surface area contributed by atoms with Gasteiger partial charge in [0.2, 0.25) is 0 Å². The van der Waals surface area contributed by atoms with E-state index < -0.39 is 0 Å². The van der Waals surface area contributed by atoms with Crippen molar-refractivity contribution in [3.63, 3.8) is 0 Å². The Morgan fingerprint density at radius 3 is 2.37 bits per heavy atom. The predicted molar refractivity (Wildman–Crippen MR) is 114 cm³/mol. The van der Waals surface area contributed by atoms with Crippen LogP contribution in [0.3, 0.4) is 0 Å². The van der Waals surface area contributed by atoms with Crippen LogP contribution in [-0.2, 0) is 0 Å². The Morgan fingerprint density at radius 1 is 0.852 bits per heavy atom. The van der Waals surface area contributed by atoms with Gasteiger partial charge in [-0.2, -0.15) is 0 Å². The standard InChI is InChI=1S/C21H20BrN5/c1-25-8-10-26(11-9-25)16-3-5-17(6-4-16)27-14-24-20-13-23-19-7-2-15(22)12-18(19)21(20)27/h2-7,12-14H,8-11H2,1H3. The Hall–Kier alpha value is -2.44. The Balaban J connectivity index is 1.56. The van der Waals surface area contributed by atoms with Gasteiger partial charge in [-0.3, -0.25) is 9.55 Å². The maximum atomic E-state index is 4.56. The number of likely N-dealkylation sites (N-methyl/N-ethyl adjacent to an activating group) is 1. The second-order valence-electron chi connectivity index (χ2n) is 7.07. The number of benzene rings is 2. The van der Waals surface area contributed by atoms with Gasteiger partial charge in [0.25, 0.3) is 0 Å². The molecular formula is C21H20BrN5. The van der Waals surface area contributed by atoms with Crippen LogP contribution < -0.4 is 4.90 Å². The van der Waals surface area contributed by atoms with Crippen LogP contribution in [0.5, 0.6) is 0 Å². The molecule has 136 valence electrons. The molecular weight excluding hydrogens is 402 g/mol. The van der Waals surface area contributed by atoms with Gasteiger partial charge in [0, 0.05) is 47.4 Å². The van der Waals surface area contributed by atoms with E-state index in [4.69, 9.17) is 0 Å². The minimum absolute atomic E-state index is 0.906. The van der Waals surface area contributed by atoms with Crippen molar-refractivity contribution in [2.75, 3.05) is 38.1 Å². The van der Waals surface area contributed by atoms with Crippen LogP contribution >= 0.6 is 15.9 Å². The summed E-state index contributed by atoms with van der Waals surface area (Å²) in [6.07, 6.45) is 3.73. The maximum absolute atomic E-state index is 4.56. The summed E-state index contributed by atoms with van der Waals surface area (Å²) in [5.74, 6) is 0. The average molecular weight is 422 g/mol. The number of imidazole rings is 1. The van der Waals surface area contributed by atoms with Gasteiger partial charge in [0.05, 0.1) is 17.2 Å².